The van der Waals surface area contributed by atoms with Crippen molar-refractivity contribution < 1.29 is 22.3 Å². The molecule has 27 heavy (non-hydrogen) atoms. The van der Waals surface area contributed by atoms with E-state index in [0.717, 1.165) is 4.31 Å². The molecule has 0 aromatic heterocycles. The van der Waals surface area contributed by atoms with E-state index < -0.39 is 15.8 Å². The third kappa shape index (κ3) is 5.27. The van der Waals surface area contributed by atoms with Crippen molar-refractivity contribution in [1.29, 1.82) is 0 Å². The average molecular weight is 394 g/mol. The van der Waals surface area contributed by atoms with Gasteiger partial charge in [-0.25, -0.2) is 17.1 Å². The fourth-order valence-corrected chi connectivity index (χ4v) is 3.62. The third-order valence-corrected chi connectivity index (χ3v) is 5.98. The van der Waals surface area contributed by atoms with Gasteiger partial charge in [-0.2, -0.15) is 0 Å². The van der Waals surface area contributed by atoms with Crippen LogP contribution in [-0.4, -0.2) is 39.8 Å². The normalized spacial score (nSPS) is 11.4. The molecule has 0 aliphatic carbocycles. The Morgan fingerprint density at radius 2 is 1.89 bits per heavy atom. The highest BCUT2D eigenvalue weighted by atomic mass is 32.2. The lowest BCUT2D eigenvalue weighted by Gasteiger charge is -2.15. The molecule has 6 nitrogen and oxygen atoms in total. The number of carbonyl (C=O) groups excluding carboxylic acids is 1. The van der Waals surface area contributed by atoms with Crippen molar-refractivity contribution in [2.24, 2.45) is 0 Å². The van der Waals surface area contributed by atoms with E-state index in [1.807, 2.05) is 0 Å². The van der Waals surface area contributed by atoms with Gasteiger partial charge in [0, 0.05) is 27.1 Å². The number of amides is 1. The number of carbonyl (C=O) groups is 1. The predicted molar refractivity (Wildman–Crippen MR) is 100 cm³/mol. The van der Waals surface area contributed by atoms with Crippen LogP contribution in [0.4, 0.5) is 4.39 Å². The minimum Gasteiger partial charge on any atom is -0.494 e. The SMILES string of the molecule is COc1ccc(CCC(=O)NCc2ccccc2S(=O)(=O)N(C)C)cc1F. The molecular formula is C19H23FN2O4S. The Bertz CT molecular complexity index is 914. The van der Waals surface area contributed by atoms with Crippen LogP contribution in [0.5, 0.6) is 5.75 Å². The molecule has 0 unspecified atom stereocenters. The standard InChI is InChI=1S/C19H23FN2O4S/c1-22(2)27(24,25)18-7-5-4-6-15(18)13-21-19(23)11-9-14-8-10-17(26-3)16(20)12-14/h4-8,10,12H,9,11,13H2,1-3H3,(H,21,23). The van der Waals surface area contributed by atoms with Crippen LogP contribution in [0.25, 0.3) is 0 Å². The van der Waals surface area contributed by atoms with Crippen LogP contribution in [-0.2, 0) is 27.8 Å². The summed E-state index contributed by atoms with van der Waals surface area (Å²) in [7, 11) is 0.709. The fourth-order valence-electron chi connectivity index (χ4n) is 2.50. The van der Waals surface area contributed by atoms with Crippen molar-refractivity contribution in [3.05, 3.63) is 59.4 Å². The Kier molecular flexibility index (Phi) is 6.92. The molecule has 0 spiro atoms. The molecule has 8 heteroatoms. The van der Waals surface area contributed by atoms with E-state index in [9.17, 15) is 17.6 Å². The summed E-state index contributed by atoms with van der Waals surface area (Å²) in [6, 6.07) is 11.1. The number of hydrogen-bond donors (Lipinski definition) is 1. The minimum atomic E-state index is -3.59. The second-order valence-corrected chi connectivity index (χ2v) is 8.26. The van der Waals surface area contributed by atoms with Gasteiger partial charge in [-0.05, 0) is 35.7 Å². The first kappa shape index (κ1) is 20.9. The maximum Gasteiger partial charge on any atom is 0.242 e. The van der Waals surface area contributed by atoms with Crippen molar-refractivity contribution in [3.63, 3.8) is 0 Å². The fraction of sp³-hybridized carbons (Fsp3) is 0.316. The van der Waals surface area contributed by atoms with Crippen molar-refractivity contribution in [2.75, 3.05) is 21.2 Å². The molecular weight excluding hydrogens is 371 g/mol. The Balaban J connectivity index is 1.98. The molecule has 0 aliphatic rings. The van der Waals surface area contributed by atoms with Gasteiger partial charge in [-0.15, -0.1) is 0 Å². The molecule has 0 fully saturated rings. The summed E-state index contributed by atoms with van der Waals surface area (Å²) < 4.78 is 44.4. The predicted octanol–water partition coefficient (Wildman–Crippen LogP) is 2.33. The third-order valence-electron chi connectivity index (χ3n) is 4.06. The van der Waals surface area contributed by atoms with E-state index >= 15 is 0 Å². The number of aryl methyl sites for hydroxylation is 1. The molecule has 2 aromatic rings. The molecule has 0 atom stereocenters. The highest BCUT2D eigenvalue weighted by Crippen LogP contribution is 2.19. The van der Waals surface area contributed by atoms with Crippen molar-refractivity contribution in [2.45, 2.75) is 24.3 Å². The molecule has 146 valence electrons. The number of halogens is 1. The number of rotatable bonds is 8. The van der Waals surface area contributed by atoms with E-state index in [2.05, 4.69) is 5.32 Å². The molecule has 0 bridgehead atoms. The summed E-state index contributed by atoms with van der Waals surface area (Å²) >= 11 is 0. The molecule has 0 heterocycles. The monoisotopic (exact) mass is 394 g/mol. The average Bonchev–Trinajstić information content (AvgIpc) is 2.64. The first-order chi connectivity index (χ1) is 12.8. The first-order valence-corrected chi connectivity index (χ1v) is 9.79. The number of hydrogen-bond acceptors (Lipinski definition) is 4. The lowest BCUT2D eigenvalue weighted by atomic mass is 10.1. The molecule has 2 aromatic carbocycles. The van der Waals surface area contributed by atoms with Gasteiger partial charge in [0.2, 0.25) is 15.9 Å². The van der Waals surface area contributed by atoms with Gasteiger partial charge in [0.05, 0.1) is 12.0 Å². The highest BCUT2D eigenvalue weighted by Gasteiger charge is 2.20. The van der Waals surface area contributed by atoms with Crippen LogP contribution in [0.1, 0.15) is 17.5 Å². The molecule has 0 aliphatic heterocycles. The number of sulfonamides is 1. The number of methoxy groups -OCH3 is 1. The first-order valence-electron chi connectivity index (χ1n) is 8.35. The van der Waals surface area contributed by atoms with Crippen molar-refractivity contribution in [1.82, 2.24) is 9.62 Å². The summed E-state index contributed by atoms with van der Waals surface area (Å²) in [4.78, 5) is 12.3. The van der Waals surface area contributed by atoms with E-state index in [-0.39, 0.29) is 29.5 Å². The summed E-state index contributed by atoms with van der Waals surface area (Å²) in [6.45, 7) is 0.0963. The quantitative estimate of drug-likeness (QED) is 0.746. The Morgan fingerprint density at radius 3 is 2.52 bits per heavy atom. The maximum atomic E-state index is 13.7. The Hall–Kier alpha value is -2.45. The van der Waals surface area contributed by atoms with Crippen LogP contribution < -0.4 is 10.1 Å². The number of nitrogens with one attached hydrogen (secondary N) is 1. The number of ether oxygens (including phenoxy) is 1. The zero-order chi connectivity index (χ0) is 20.0. The molecule has 0 saturated heterocycles. The van der Waals surface area contributed by atoms with E-state index in [4.69, 9.17) is 4.74 Å². The van der Waals surface area contributed by atoms with Crippen molar-refractivity contribution in [3.8, 4) is 5.75 Å². The molecule has 0 radical (unpaired) electrons. The minimum absolute atomic E-state index is 0.0963. The van der Waals surface area contributed by atoms with Gasteiger partial charge >= 0.3 is 0 Å². The van der Waals surface area contributed by atoms with Crippen molar-refractivity contribution >= 4 is 15.9 Å². The summed E-state index contributed by atoms with van der Waals surface area (Å²) in [5, 5.41) is 2.72. The Labute approximate surface area is 159 Å². The molecule has 0 saturated carbocycles. The van der Waals surface area contributed by atoms with Gasteiger partial charge < -0.3 is 10.1 Å². The maximum absolute atomic E-state index is 13.7. The van der Waals surface area contributed by atoms with Crippen LogP contribution in [0.15, 0.2) is 47.4 Å². The van der Waals surface area contributed by atoms with Gasteiger partial charge in [0.15, 0.2) is 11.6 Å². The topological polar surface area (TPSA) is 75.7 Å². The van der Waals surface area contributed by atoms with E-state index in [1.54, 1.807) is 24.3 Å². The highest BCUT2D eigenvalue weighted by molar-refractivity contribution is 7.89. The molecule has 1 amide bonds. The zero-order valence-electron chi connectivity index (χ0n) is 15.5. The van der Waals surface area contributed by atoms with Gasteiger partial charge in [-0.3, -0.25) is 4.79 Å². The molecule has 2 rings (SSSR count). The van der Waals surface area contributed by atoms with E-state index in [0.29, 0.717) is 17.5 Å². The van der Waals surface area contributed by atoms with Crippen LogP contribution >= 0.6 is 0 Å². The van der Waals surface area contributed by atoms with Crippen LogP contribution in [0.3, 0.4) is 0 Å². The lowest BCUT2D eigenvalue weighted by Crippen LogP contribution is -2.27. The second-order valence-electron chi connectivity index (χ2n) is 6.14. The summed E-state index contributed by atoms with van der Waals surface area (Å²) in [6.07, 6.45) is 0.527. The molecule has 1 N–H and O–H groups in total. The van der Waals surface area contributed by atoms with Gasteiger partial charge in [-0.1, -0.05) is 24.3 Å². The number of benzene rings is 2. The van der Waals surface area contributed by atoms with E-state index in [1.165, 1.54) is 39.4 Å². The zero-order valence-corrected chi connectivity index (χ0v) is 16.3. The second kappa shape index (κ2) is 8.96. The smallest absolute Gasteiger partial charge is 0.242 e. The van der Waals surface area contributed by atoms with Gasteiger partial charge in [0.1, 0.15) is 0 Å². The van der Waals surface area contributed by atoms with Gasteiger partial charge in [0.25, 0.3) is 0 Å². The summed E-state index contributed by atoms with van der Waals surface area (Å²) in [5.74, 6) is -0.566. The number of nitrogens with zero attached hydrogens (tertiary/aromatic N) is 1. The van der Waals surface area contributed by atoms with Crippen LogP contribution in [0.2, 0.25) is 0 Å². The largest absolute Gasteiger partial charge is 0.494 e. The Morgan fingerprint density at radius 1 is 1.19 bits per heavy atom. The summed E-state index contributed by atoms with van der Waals surface area (Å²) in [5.41, 5.74) is 1.19. The van der Waals surface area contributed by atoms with Crippen LogP contribution in [0, 0.1) is 5.82 Å². The lowest BCUT2D eigenvalue weighted by molar-refractivity contribution is -0.121.